The van der Waals surface area contributed by atoms with Crippen molar-refractivity contribution in [1.29, 1.82) is 0 Å². The maximum Gasteiger partial charge on any atom is 0.351 e. The van der Waals surface area contributed by atoms with E-state index in [-0.39, 0.29) is 24.7 Å². The van der Waals surface area contributed by atoms with E-state index in [9.17, 15) is 4.79 Å². The fourth-order valence-electron chi connectivity index (χ4n) is 4.61. The Morgan fingerprint density at radius 2 is 2.00 bits per heavy atom. The first-order valence-corrected chi connectivity index (χ1v) is 11.2. The lowest BCUT2D eigenvalue weighted by Crippen LogP contribution is -2.47. The van der Waals surface area contributed by atoms with Crippen LogP contribution in [0.25, 0.3) is 18.3 Å². The summed E-state index contributed by atoms with van der Waals surface area (Å²) in [6.45, 7) is 11.1. The van der Waals surface area contributed by atoms with Crippen LogP contribution in [0.2, 0.25) is 0 Å². The molecule has 3 aromatic rings. The van der Waals surface area contributed by atoms with Gasteiger partial charge in [0.05, 0.1) is 18.8 Å². The van der Waals surface area contributed by atoms with Crippen LogP contribution in [0.5, 0.6) is 11.5 Å². The molecule has 178 valence electrons. The van der Waals surface area contributed by atoms with Crippen molar-refractivity contribution in [1.82, 2.24) is 24.1 Å². The lowest BCUT2D eigenvalue weighted by atomic mass is 10.1. The predicted molar refractivity (Wildman–Crippen MR) is 127 cm³/mol. The highest BCUT2D eigenvalue weighted by Crippen LogP contribution is 2.32. The number of rotatable bonds is 5. The molecule has 2 atom stereocenters. The van der Waals surface area contributed by atoms with Crippen molar-refractivity contribution < 1.29 is 14.2 Å². The molecule has 0 unspecified atom stereocenters. The van der Waals surface area contributed by atoms with E-state index in [0.717, 1.165) is 24.2 Å². The second-order valence-corrected chi connectivity index (χ2v) is 8.75. The molecule has 0 saturated carbocycles. The molecule has 2 aliphatic rings. The van der Waals surface area contributed by atoms with Gasteiger partial charge in [0, 0.05) is 30.2 Å². The Kier molecular flexibility index (Phi) is 5.84. The van der Waals surface area contributed by atoms with E-state index in [0.29, 0.717) is 40.8 Å². The smallest absolute Gasteiger partial charge is 0.351 e. The summed E-state index contributed by atoms with van der Waals surface area (Å²) in [4.78, 5) is 19.8. The number of fused-ring (bicyclic) bond motifs is 2. The number of hydrogen-bond acceptors (Lipinski definition) is 8. The van der Waals surface area contributed by atoms with E-state index in [2.05, 4.69) is 35.4 Å². The van der Waals surface area contributed by atoms with Crippen LogP contribution in [0.3, 0.4) is 0 Å². The van der Waals surface area contributed by atoms with Crippen LogP contribution in [-0.4, -0.2) is 62.7 Å². The van der Waals surface area contributed by atoms with Gasteiger partial charge in [0.15, 0.2) is 17.1 Å². The lowest BCUT2D eigenvalue weighted by molar-refractivity contribution is -0.0650. The van der Waals surface area contributed by atoms with E-state index in [1.165, 1.54) is 10.8 Å². The van der Waals surface area contributed by atoms with E-state index >= 15 is 0 Å². The quantitative estimate of drug-likeness (QED) is 0.554. The first-order valence-electron chi connectivity index (χ1n) is 11.2. The molecule has 0 radical (unpaired) electrons. The number of nitrogens with zero attached hydrogens (tertiary/aromatic N) is 5. The van der Waals surface area contributed by atoms with E-state index in [1.807, 2.05) is 24.3 Å². The van der Waals surface area contributed by atoms with Crippen molar-refractivity contribution in [2.75, 3.05) is 26.4 Å². The number of benzene rings is 1. The van der Waals surface area contributed by atoms with Crippen molar-refractivity contribution in [2.24, 2.45) is 5.73 Å². The molecule has 1 fully saturated rings. The third kappa shape index (κ3) is 4.17. The largest absolute Gasteiger partial charge is 0.454 e. The molecule has 2 aliphatic heterocycles. The number of aromatic nitrogens is 4. The summed E-state index contributed by atoms with van der Waals surface area (Å²) < 4.78 is 19.6. The summed E-state index contributed by atoms with van der Waals surface area (Å²) in [6, 6.07) is 5.61. The average molecular weight is 465 g/mol. The van der Waals surface area contributed by atoms with Gasteiger partial charge in [-0.25, -0.2) is 9.78 Å². The van der Waals surface area contributed by atoms with E-state index in [4.69, 9.17) is 19.9 Å². The minimum atomic E-state index is -0.318. The summed E-state index contributed by atoms with van der Waals surface area (Å²) in [5.41, 5.74) is 7.91. The van der Waals surface area contributed by atoms with Crippen molar-refractivity contribution in [3.05, 3.63) is 62.9 Å². The standard InChI is InChI=1S/C24H28N6O4/c1-15-9-28(10-16(2)34-15)11-19(8-25)6-20-17(3)29(24(31)30-23(20)26-13-27-30)12-18-4-5-21-22(7-18)33-14-32-21/h4-8,13,15-16H,3,9-12,14,25H2,1-2H3/b19-8+,20-6+/t15-,16+. The molecule has 0 bridgehead atoms. The van der Waals surface area contributed by atoms with Gasteiger partial charge in [-0.05, 0) is 49.4 Å². The van der Waals surface area contributed by atoms with Crippen molar-refractivity contribution >= 4 is 18.3 Å². The first kappa shape index (κ1) is 22.2. The molecule has 10 nitrogen and oxygen atoms in total. The summed E-state index contributed by atoms with van der Waals surface area (Å²) in [6.07, 6.45) is 5.20. The van der Waals surface area contributed by atoms with E-state index in [1.54, 1.807) is 10.8 Å². The van der Waals surface area contributed by atoms with Crippen LogP contribution < -0.4 is 31.5 Å². The van der Waals surface area contributed by atoms with Gasteiger partial charge in [-0.2, -0.15) is 9.61 Å². The normalized spacial score (nSPS) is 21.5. The van der Waals surface area contributed by atoms with Gasteiger partial charge in [-0.1, -0.05) is 12.6 Å². The Hall–Kier alpha value is -3.63. The first-order chi connectivity index (χ1) is 16.4. The van der Waals surface area contributed by atoms with Gasteiger partial charge in [-0.15, -0.1) is 0 Å². The topological polar surface area (TPSA) is 109 Å². The van der Waals surface area contributed by atoms with Gasteiger partial charge >= 0.3 is 5.69 Å². The molecule has 10 heteroatoms. The molecule has 4 heterocycles. The number of morpholine rings is 1. The van der Waals surface area contributed by atoms with E-state index < -0.39 is 0 Å². The summed E-state index contributed by atoms with van der Waals surface area (Å²) in [5, 5.41) is 5.38. The molecule has 2 N–H and O–H groups in total. The zero-order valence-electron chi connectivity index (χ0n) is 19.3. The highest BCUT2D eigenvalue weighted by molar-refractivity contribution is 5.55. The fraction of sp³-hybridized carbons (Fsp3) is 0.375. The van der Waals surface area contributed by atoms with Crippen molar-refractivity contribution in [3.63, 3.8) is 0 Å². The van der Waals surface area contributed by atoms with Gasteiger partial charge in [-0.3, -0.25) is 9.47 Å². The number of nitrogens with two attached hydrogens (primary N) is 1. The molecule has 0 spiro atoms. The second kappa shape index (κ2) is 8.96. The zero-order chi connectivity index (χ0) is 23.8. The van der Waals surface area contributed by atoms with Crippen molar-refractivity contribution in [2.45, 2.75) is 32.6 Å². The molecule has 1 saturated heterocycles. The molecule has 0 aliphatic carbocycles. The zero-order valence-corrected chi connectivity index (χ0v) is 19.3. The Morgan fingerprint density at radius 3 is 2.76 bits per heavy atom. The molecule has 5 rings (SSSR count). The Bertz CT molecular complexity index is 1420. The third-order valence-electron chi connectivity index (χ3n) is 6.06. The number of ether oxygens (including phenoxy) is 3. The van der Waals surface area contributed by atoms with Gasteiger partial charge in [0.25, 0.3) is 0 Å². The number of hydrogen-bond donors (Lipinski definition) is 1. The maximum absolute atomic E-state index is 13.2. The molecular formula is C24H28N6O4. The Balaban J connectivity index is 1.54. The van der Waals surface area contributed by atoms with Gasteiger partial charge in [0.2, 0.25) is 6.79 Å². The predicted octanol–water partition coefficient (Wildman–Crippen LogP) is -0.189. The van der Waals surface area contributed by atoms with Gasteiger partial charge in [0.1, 0.15) is 6.33 Å². The Morgan fingerprint density at radius 1 is 1.24 bits per heavy atom. The Labute approximate surface area is 196 Å². The SMILES string of the molecule is C=c1/c(=C\C(=C/N)CN2C[C@@H](C)O[C@@H](C)C2)c2ncnn2c(=O)n1Cc1ccc2c(c1)OCO2. The van der Waals surface area contributed by atoms with Crippen LogP contribution in [-0.2, 0) is 11.3 Å². The maximum atomic E-state index is 13.2. The van der Waals surface area contributed by atoms with Crippen LogP contribution in [0.1, 0.15) is 19.4 Å². The fourth-order valence-corrected chi connectivity index (χ4v) is 4.61. The minimum absolute atomic E-state index is 0.151. The lowest BCUT2D eigenvalue weighted by Gasteiger charge is -2.35. The van der Waals surface area contributed by atoms with Crippen LogP contribution >= 0.6 is 0 Å². The highest BCUT2D eigenvalue weighted by Gasteiger charge is 2.22. The molecule has 1 aromatic carbocycles. The average Bonchev–Trinajstić information content (AvgIpc) is 3.47. The van der Waals surface area contributed by atoms with Crippen LogP contribution in [0, 0.1) is 0 Å². The summed E-state index contributed by atoms with van der Waals surface area (Å²) in [5.74, 6) is 1.35. The van der Waals surface area contributed by atoms with Gasteiger partial charge < -0.3 is 19.9 Å². The van der Waals surface area contributed by atoms with Crippen LogP contribution in [0.4, 0.5) is 0 Å². The molecule has 2 aromatic heterocycles. The second-order valence-electron chi connectivity index (χ2n) is 8.75. The highest BCUT2D eigenvalue weighted by atomic mass is 16.7. The summed E-state index contributed by atoms with van der Waals surface area (Å²) in [7, 11) is 0. The van der Waals surface area contributed by atoms with Crippen LogP contribution in [0.15, 0.2) is 41.1 Å². The van der Waals surface area contributed by atoms with Crippen molar-refractivity contribution in [3.8, 4) is 11.5 Å². The minimum Gasteiger partial charge on any atom is -0.454 e. The molecular weight excluding hydrogens is 436 g/mol. The summed E-state index contributed by atoms with van der Waals surface area (Å²) >= 11 is 0. The third-order valence-corrected chi connectivity index (χ3v) is 6.06. The molecule has 34 heavy (non-hydrogen) atoms. The molecule has 0 amide bonds. The monoisotopic (exact) mass is 464 g/mol.